The van der Waals surface area contributed by atoms with Crippen LogP contribution in [0.15, 0.2) is 48.7 Å². The minimum absolute atomic E-state index is 0.596. The minimum atomic E-state index is 0.596. The Hall–Kier alpha value is -3.41. The summed E-state index contributed by atoms with van der Waals surface area (Å²) in [7, 11) is 1.69. The van der Waals surface area contributed by atoms with Gasteiger partial charge < -0.3 is 18.8 Å². The average molecular weight is 401 g/mol. The highest BCUT2D eigenvalue weighted by molar-refractivity contribution is 5.78. The lowest BCUT2D eigenvalue weighted by Gasteiger charge is -2.19. The van der Waals surface area contributed by atoms with Gasteiger partial charge >= 0.3 is 0 Å². The van der Waals surface area contributed by atoms with Crippen LogP contribution in [-0.2, 0) is 13.0 Å². The number of rotatable bonds is 3. The monoisotopic (exact) mass is 401 g/mol. The highest BCUT2D eigenvalue weighted by Gasteiger charge is 2.24. The summed E-state index contributed by atoms with van der Waals surface area (Å²) in [4.78, 5) is 0. The van der Waals surface area contributed by atoms with Gasteiger partial charge in [-0.3, -0.25) is 0 Å². The van der Waals surface area contributed by atoms with E-state index in [0.29, 0.717) is 13.2 Å². The number of ether oxygens (including phenoxy) is 3. The second kappa shape index (κ2) is 6.83. The molecule has 0 unspecified atom stereocenters. The fourth-order valence-corrected chi connectivity index (χ4v) is 4.58. The molecule has 0 N–H and O–H groups in total. The van der Waals surface area contributed by atoms with Gasteiger partial charge in [0.1, 0.15) is 24.6 Å². The molecule has 0 radical (unpaired) electrons. The molecule has 6 nitrogen and oxygen atoms in total. The zero-order chi connectivity index (χ0) is 20.1. The molecular weight excluding hydrogens is 378 g/mol. The van der Waals surface area contributed by atoms with Crippen molar-refractivity contribution in [1.82, 2.24) is 14.2 Å². The lowest BCUT2D eigenvalue weighted by atomic mass is 10.0. The molecule has 2 aliphatic rings. The molecule has 4 aromatic rings. The lowest BCUT2D eigenvalue weighted by molar-refractivity contribution is 0.171. The Labute approximate surface area is 174 Å². The quantitative estimate of drug-likeness (QED) is 0.504. The highest BCUT2D eigenvalue weighted by Crippen LogP contribution is 2.39. The van der Waals surface area contributed by atoms with Crippen molar-refractivity contribution >= 4 is 5.65 Å². The summed E-state index contributed by atoms with van der Waals surface area (Å²) in [5, 5.41) is 4.97. The normalized spacial score (nSPS) is 15.2. The van der Waals surface area contributed by atoms with Crippen molar-refractivity contribution in [1.29, 1.82) is 0 Å². The van der Waals surface area contributed by atoms with E-state index in [1.807, 2.05) is 22.7 Å². The molecule has 2 aromatic heterocycles. The van der Waals surface area contributed by atoms with Crippen LogP contribution in [0.2, 0.25) is 0 Å². The number of fused-ring (bicyclic) bond motifs is 1. The van der Waals surface area contributed by atoms with Crippen molar-refractivity contribution in [3.05, 3.63) is 54.2 Å². The standard InChI is InChI=1S/C24H23N3O3/c1-28-18-8-5-16(6-9-18)23-25-27-15-20(19-4-2-3-11-26(23)24(19)27)17-7-10-21-22(14-17)30-13-12-29-21/h5-10,14-15H,2-4,11-13H2,1H3. The van der Waals surface area contributed by atoms with Crippen LogP contribution < -0.4 is 14.2 Å². The SMILES string of the molecule is COc1ccc(-c2nn3cc(-c4ccc5c(c4)OCCO5)c4c3n2CCCC4)cc1. The second-order valence-electron chi connectivity index (χ2n) is 7.81. The van der Waals surface area contributed by atoms with Crippen molar-refractivity contribution < 1.29 is 14.2 Å². The fraction of sp³-hybridized carbons (Fsp3) is 0.292. The van der Waals surface area contributed by atoms with E-state index >= 15 is 0 Å². The molecule has 0 amide bonds. The summed E-state index contributed by atoms with van der Waals surface area (Å²) in [6.45, 7) is 2.18. The smallest absolute Gasteiger partial charge is 0.162 e. The molecular formula is C24H23N3O3. The third-order valence-corrected chi connectivity index (χ3v) is 6.04. The molecule has 6 heteroatoms. The Morgan fingerprint density at radius 2 is 1.73 bits per heavy atom. The fourth-order valence-electron chi connectivity index (χ4n) is 4.58. The van der Waals surface area contributed by atoms with Gasteiger partial charge in [-0.15, -0.1) is 5.10 Å². The average Bonchev–Trinajstić information content (AvgIpc) is 3.23. The van der Waals surface area contributed by atoms with E-state index in [4.69, 9.17) is 19.3 Å². The predicted octanol–water partition coefficient (Wildman–Crippen LogP) is 4.59. The van der Waals surface area contributed by atoms with Crippen LogP contribution in [0.4, 0.5) is 0 Å². The van der Waals surface area contributed by atoms with E-state index in [0.717, 1.165) is 53.6 Å². The third kappa shape index (κ3) is 2.67. The van der Waals surface area contributed by atoms with Gasteiger partial charge in [0.25, 0.3) is 0 Å². The lowest BCUT2D eigenvalue weighted by Crippen LogP contribution is -2.15. The molecule has 0 aliphatic carbocycles. The maximum atomic E-state index is 5.81. The van der Waals surface area contributed by atoms with Crippen LogP contribution in [-0.4, -0.2) is 34.5 Å². The third-order valence-electron chi connectivity index (χ3n) is 6.04. The molecule has 4 heterocycles. The number of hydrogen-bond donors (Lipinski definition) is 0. The molecule has 0 saturated heterocycles. The molecule has 2 aliphatic heterocycles. The van der Waals surface area contributed by atoms with Crippen LogP contribution in [0.1, 0.15) is 18.4 Å². The Kier molecular flexibility index (Phi) is 3.97. The molecule has 152 valence electrons. The van der Waals surface area contributed by atoms with E-state index in [1.54, 1.807) is 7.11 Å². The van der Waals surface area contributed by atoms with Crippen molar-refractivity contribution in [3.63, 3.8) is 0 Å². The Bertz CT molecular complexity index is 1240. The van der Waals surface area contributed by atoms with Gasteiger partial charge in [0.05, 0.1) is 7.11 Å². The molecule has 0 fully saturated rings. The summed E-state index contributed by atoms with van der Waals surface area (Å²) < 4.78 is 21.2. The predicted molar refractivity (Wildman–Crippen MR) is 115 cm³/mol. The molecule has 0 bridgehead atoms. The van der Waals surface area contributed by atoms with E-state index in [-0.39, 0.29) is 0 Å². The summed E-state index contributed by atoms with van der Waals surface area (Å²) in [5.41, 5.74) is 6.04. The summed E-state index contributed by atoms with van der Waals surface area (Å²) in [5.74, 6) is 3.51. The molecule has 2 aromatic carbocycles. The molecule has 0 saturated carbocycles. The van der Waals surface area contributed by atoms with Gasteiger partial charge in [-0.05, 0) is 61.2 Å². The maximum absolute atomic E-state index is 5.81. The van der Waals surface area contributed by atoms with E-state index in [2.05, 4.69) is 35.0 Å². The number of benzene rings is 2. The number of methoxy groups -OCH3 is 1. The zero-order valence-corrected chi connectivity index (χ0v) is 16.9. The minimum Gasteiger partial charge on any atom is -0.497 e. The van der Waals surface area contributed by atoms with Crippen LogP contribution in [0.5, 0.6) is 17.2 Å². The van der Waals surface area contributed by atoms with Crippen LogP contribution >= 0.6 is 0 Å². The van der Waals surface area contributed by atoms with Crippen LogP contribution in [0.3, 0.4) is 0 Å². The number of hydrogen-bond acceptors (Lipinski definition) is 4. The second-order valence-corrected chi connectivity index (χ2v) is 7.81. The molecule has 6 rings (SSSR count). The van der Waals surface area contributed by atoms with E-state index < -0.39 is 0 Å². The molecule has 0 spiro atoms. The van der Waals surface area contributed by atoms with Crippen molar-refractivity contribution in [2.24, 2.45) is 0 Å². The van der Waals surface area contributed by atoms with Crippen molar-refractivity contribution in [3.8, 4) is 39.8 Å². The van der Waals surface area contributed by atoms with Crippen LogP contribution in [0.25, 0.3) is 28.2 Å². The topological polar surface area (TPSA) is 49.9 Å². The molecule has 30 heavy (non-hydrogen) atoms. The summed E-state index contributed by atoms with van der Waals surface area (Å²) in [6, 6.07) is 14.4. The van der Waals surface area contributed by atoms with Crippen molar-refractivity contribution in [2.75, 3.05) is 20.3 Å². The van der Waals surface area contributed by atoms with Gasteiger partial charge in [-0.2, -0.15) is 0 Å². The van der Waals surface area contributed by atoms with Gasteiger partial charge in [0.15, 0.2) is 17.3 Å². The first-order valence-corrected chi connectivity index (χ1v) is 10.5. The van der Waals surface area contributed by atoms with Gasteiger partial charge in [0, 0.05) is 29.4 Å². The first-order valence-electron chi connectivity index (χ1n) is 10.5. The molecule has 0 atom stereocenters. The summed E-state index contributed by atoms with van der Waals surface area (Å²) >= 11 is 0. The van der Waals surface area contributed by atoms with E-state index in [1.165, 1.54) is 23.2 Å². The first-order chi connectivity index (χ1) is 14.8. The van der Waals surface area contributed by atoms with Gasteiger partial charge in [-0.1, -0.05) is 6.07 Å². The highest BCUT2D eigenvalue weighted by atomic mass is 16.6. The van der Waals surface area contributed by atoms with E-state index in [9.17, 15) is 0 Å². The van der Waals surface area contributed by atoms with Crippen LogP contribution in [0, 0.1) is 0 Å². The Morgan fingerprint density at radius 3 is 2.57 bits per heavy atom. The Morgan fingerprint density at radius 1 is 0.933 bits per heavy atom. The van der Waals surface area contributed by atoms with Crippen molar-refractivity contribution in [2.45, 2.75) is 25.8 Å². The van der Waals surface area contributed by atoms with Gasteiger partial charge in [0.2, 0.25) is 0 Å². The van der Waals surface area contributed by atoms with Gasteiger partial charge in [-0.25, -0.2) is 4.52 Å². The number of aromatic nitrogens is 3. The number of aryl methyl sites for hydroxylation is 2. The number of nitrogens with zero attached hydrogens (tertiary/aromatic N) is 3. The Balaban J connectivity index is 1.49. The largest absolute Gasteiger partial charge is 0.497 e. The first kappa shape index (κ1) is 17.4. The zero-order valence-electron chi connectivity index (χ0n) is 16.9. The maximum Gasteiger partial charge on any atom is 0.162 e. The summed E-state index contributed by atoms with van der Waals surface area (Å²) in [6.07, 6.45) is 5.52.